The second-order valence-corrected chi connectivity index (χ2v) is 8.29. The van der Waals surface area contributed by atoms with Crippen molar-refractivity contribution in [3.05, 3.63) is 29.2 Å². The zero-order chi connectivity index (χ0) is 17.7. The Morgan fingerprint density at radius 1 is 1.29 bits per heavy atom. The number of alkyl halides is 3. The van der Waals surface area contributed by atoms with Gasteiger partial charge in [-0.05, 0) is 6.07 Å². The molecule has 6 nitrogen and oxygen atoms in total. The summed E-state index contributed by atoms with van der Waals surface area (Å²) in [5.74, 6) is -0.0921. The van der Waals surface area contributed by atoms with Crippen LogP contribution in [0.4, 0.5) is 19.0 Å². The minimum absolute atomic E-state index is 0.0782. The van der Waals surface area contributed by atoms with Gasteiger partial charge >= 0.3 is 6.18 Å². The highest BCUT2D eigenvalue weighted by Crippen LogP contribution is 2.39. The van der Waals surface area contributed by atoms with Crippen LogP contribution in [0, 0.1) is 0 Å². The zero-order valence-corrected chi connectivity index (χ0v) is 13.9. The second kappa shape index (κ2) is 5.78. The van der Waals surface area contributed by atoms with E-state index in [0.717, 1.165) is 0 Å². The van der Waals surface area contributed by atoms with Gasteiger partial charge in [0, 0.05) is 18.7 Å². The van der Waals surface area contributed by atoms with Crippen LogP contribution in [0.1, 0.15) is 11.6 Å². The van der Waals surface area contributed by atoms with Gasteiger partial charge < -0.3 is 10.6 Å². The van der Waals surface area contributed by atoms with Crippen LogP contribution in [0.3, 0.4) is 0 Å². The Labute approximate surface area is 140 Å². The molecule has 0 bridgehead atoms. The van der Waals surface area contributed by atoms with Crippen LogP contribution in [-0.2, 0) is 9.84 Å². The fraction of sp³-hybridized carbons (Fsp3) is 0.462. The van der Waals surface area contributed by atoms with Crippen molar-refractivity contribution in [2.24, 2.45) is 5.73 Å². The summed E-state index contributed by atoms with van der Waals surface area (Å²) in [6, 6.07) is -1.06. The lowest BCUT2D eigenvalue weighted by Gasteiger charge is -2.32. The molecule has 132 valence electrons. The number of nitrogens with zero attached hydrogens (tertiary/aromatic N) is 3. The zero-order valence-electron chi connectivity index (χ0n) is 12.3. The summed E-state index contributed by atoms with van der Waals surface area (Å²) in [6.07, 6.45) is -1.89. The number of sulfone groups is 1. The number of imidazole rings is 1. The Morgan fingerprint density at radius 2 is 1.92 bits per heavy atom. The lowest BCUT2D eigenvalue weighted by atomic mass is 10.1. The fourth-order valence-corrected chi connectivity index (χ4v) is 4.18. The molecular formula is C13H14ClF3N4O2S. The van der Waals surface area contributed by atoms with Crippen molar-refractivity contribution in [2.45, 2.75) is 12.2 Å². The number of aromatic nitrogens is 2. The maximum atomic E-state index is 13.2. The average molecular weight is 383 g/mol. The molecule has 1 atom stereocenters. The number of hydrogen-bond donors (Lipinski definition) is 1. The van der Waals surface area contributed by atoms with E-state index in [1.54, 1.807) is 4.90 Å². The van der Waals surface area contributed by atoms with Crippen molar-refractivity contribution in [1.29, 1.82) is 0 Å². The van der Waals surface area contributed by atoms with Crippen molar-refractivity contribution >= 4 is 32.8 Å². The summed E-state index contributed by atoms with van der Waals surface area (Å²) >= 11 is 6.06. The highest BCUT2D eigenvalue weighted by atomic mass is 35.5. The quantitative estimate of drug-likeness (QED) is 0.856. The van der Waals surface area contributed by atoms with Gasteiger partial charge in [-0.15, -0.1) is 0 Å². The van der Waals surface area contributed by atoms with Gasteiger partial charge in [-0.1, -0.05) is 11.6 Å². The average Bonchev–Trinajstić information content (AvgIpc) is 2.96. The van der Waals surface area contributed by atoms with E-state index in [1.807, 2.05) is 0 Å². The molecular weight excluding hydrogens is 369 g/mol. The van der Waals surface area contributed by atoms with Crippen molar-refractivity contribution in [3.8, 4) is 0 Å². The number of pyridine rings is 1. The molecule has 2 aromatic rings. The normalized spacial score (nSPS) is 19.6. The molecule has 24 heavy (non-hydrogen) atoms. The Hall–Kier alpha value is -1.52. The first kappa shape index (κ1) is 17.3. The predicted molar refractivity (Wildman–Crippen MR) is 84.1 cm³/mol. The molecule has 0 aliphatic carbocycles. The van der Waals surface area contributed by atoms with Gasteiger partial charge in [-0.3, -0.25) is 4.40 Å². The van der Waals surface area contributed by atoms with E-state index < -0.39 is 22.1 Å². The lowest BCUT2D eigenvalue weighted by Crippen LogP contribution is -2.42. The molecule has 1 saturated heterocycles. The largest absolute Gasteiger partial charge is 0.407 e. The van der Waals surface area contributed by atoms with E-state index in [0.29, 0.717) is 5.52 Å². The van der Waals surface area contributed by atoms with Crippen LogP contribution >= 0.6 is 11.6 Å². The standard InChI is InChI=1S/C13H14ClF3N4O2S/c14-9-5-8(11(18)13(15,16)17)12(21-7-19-6-10(9)21)20-1-3-24(22,23)4-2-20/h5-7,11H,1-4,18H2. The highest BCUT2D eigenvalue weighted by Gasteiger charge is 2.41. The number of rotatable bonds is 2. The third kappa shape index (κ3) is 3.05. The van der Waals surface area contributed by atoms with Crippen molar-refractivity contribution in [2.75, 3.05) is 29.5 Å². The summed E-state index contributed by atoms with van der Waals surface area (Å²) in [7, 11) is -3.18. The number of hydrogen-bond acceptors (Lipinski definition) is 5. The Morgan fingerprint density at radius 3 is 2.50 bits per heavy atom. The van der Waals surface area contributed by atoms with E-state index in [-0.39, 0.29) is 41.0 Å². The third-order valence-corrected chi connectivity index (χ3v) is 5.90. The molecule has 0 aromatic carbocycles. The van der Waals surface area contributed by atoms with Gasteiger partial charge in [0.15, 0.2) is 9.84 Å². The second-order valence-electron chi connectivity index (χ2n) is 5.58. The van der Waals surface area contributed by atoms with Crippen LogP contribution in [-0.4, -0.2) is 48.6 Å². The molecule has 2 aromatic heterocycles. The lowest BCUT2D eigenvalue weighted by molar-refractivity contribution is -0.149. The minimum Gasteiger partial charge on any atom is -0.355 e. The van der Waals surface area contributed by atoms with Gasteiger partial charge in [0.2, 0.25) is 0 Å². The number of fused-ring (bicyclic) bond motifs is 1. The van der Waals surface area contributed by atoms with Gasteiger partial charge in [0.25, 0.3) is 0 Å². The van der Waals surface area contributed by atoms with Crippen molar-refractivity contribution in [3.63, 3.8) is 0 Å². The monoisotopic (exact) mass is 382 g/mol. The first-order chi connectivity index (χ1) is 11.1. The first-order valence-corrected chi connectivity index (χ1v) is 9.22. The molecule has 3 heterocycles. The Kier molecular flexibility index (Phi) is 4.17. The van der Waals surface area contributed by atoms with E-state index >= 15 is 0 Å². The number of anilines is 1. The van der Waals surface area contributed by atoms with E-state index in [2.05, 4.69) is 4.98 Å². The molecule has 0 spiro atoms. The van der Waals surface area contributed by atoms with Crippen LogP contribution in [0.15, 0.2) is 18.6 Å². The van der Waals surface area contributed by atoms with Crippen LogP contribution < -0.4 is 10.6 Å². The van der Waals surface area contributed by atoms with Crippen molar-refractivity contribution < 1.29 is 21.6 Å². The van der Waals surface area contributed by atoms with Crippen LogP contribution in [0.5, 0.6) is 0 Å². The molecule has 11 heteroatoms. The van der Waals surface area contributed by atoms with Crippen LogP contribution in [0.25, 0.3) is 5.52 Å². The van der Waals surface area contributed by atoms with Crippen molar-refractivity contribution in [1.82, 2.24) is 9.38 Å². The van der Waals surface area contributed by atoms with Gasteiger partial charge in [0.1, 0.15) is 18.2 Å². The van der Waals surface area contributed by atoms with Gasteiger partial charge in [0.05, 0.1) is 28.2 Å². The maximum absolute atomic E-state index is 13.2. The molecule has 1 aliphatic heterocycles. The molecule has 1 aliphatic rings. The topological polar surface area (TPSA) is 80.7 Å². The third-order valence-electron chi connectivity index (χ3n) is 3.98. The van der Waals surface area contributed by atoms with Gasteiger partial charge in [-0.25, -0.2) is 13.4 Å². The molecule has 0 amide bonds. The summed E-state index contributed by atoms with van der Waals surface area (Å²) < 4.78 is 64.1. The SMILES string of the molecule is NC(c1cc(Cl)c2cncn2c1N1CCS(=O)(=O)CC1)C(F)(F)F. The minimum atomic E-state index is -4.66. The fourth-order valence-electron chi connectivity index (χ4n) is 2.72. The molecule has 0 radical (unpaired) electrons. The van der Waals surface area contributed by atoms with E-state index in [9.17, 15) is 21.6 Å². The molecule has 2 N–H and O–H groups in total. The first-order valence-electron chi connectivity index (χ1n) is 7.02. The Bertz CT molecular complexity index is 867. The Balaban J connectivity index is 2.17. The van der Waals surface area contributed by atoms with E-state index in [4.69, 9.17) is 17.3 Å². The molecule has 1 unspecified atom stereocenters. The summed E-state index contributed by atoms with van der Waals surface area (Å²) in [6.45, 7) is 0.156. The highest BCUT2D eigenvalue weighted by molar-refractivity contribution is 7.91. The predicted octanol–water partition coefficient (Wildman–Crippen LogP) is 1.78. The summed E-state index contributed by atoms with van der Waals surface area (Å²) in [5, 5.41) is 0.0931. The van der Waals surface area contributed by atoms with Gasteiger partial charge in [-0.2, -0.15) is 13.2 Å². The summed E-state index contributed by atoms with van der Waals surface area (Å²) in [5.41, 5.74) is 5.62. The maximum Gasteiger partial charge on any atom is 0.407 e. The summed E-state index contributed by atoms with van der Waals surface area (Å²) in [4.78, 5) is 5.50. The molecule has 0 saturated carbocycles. The smallest absolute Gasteiger partial charge is 0.355 e. The van der Waals surface area contributed by atoms with Crippen LogP contribution in [0.2, 0.25) is 5.02 Å². The number of halogens is 4. The van der Waals surface area contributed by atoms with E-state index in [1.165, 1.54) is 23.0 Å². The molecule has 3 rings (SSSR count). The number of nitrogens with two attached hydrogens (primary N) is 1. The molecule has 1 fully saturated rings.